The molecule has 0 atom stereocenters. The predicted octanol–water partition coefficient (Wildman–Crippen LogP) is 6.39. The van der Waals surface area contributed by atoms with E-state index in [1.807, 2.05) is 6.07 Å². The van der Waals surface area contributed by atoms with E-state index in [9.17, 15) is 0 Å². The van der Waals surface area contributed by atoms with Crippen LogP contribution in [0.25, 0.3) is 28.2 Å². The number of aryl methyl sites for hydroxylation is 1. The zero-order valence-corrected chi connectivity index (χ0v) is 18.3. The first-order valence-electron chi connectivity index (χ1n) is 10.1. The van der Waals surface area contributed by atoms with Gasteiger partial charge in [0.15, 0.2) is 0 Å². The average molecular weight is 446 g/mol. The maximum atomic E-state index is 6.52. The molecule has 4 aromatic rings. The van der Waals surface area contributed by atoms with Crippen molar-refractivity contribution in [3.05, 3.63) is 82.0 Å². The van der Waals surface area contributed by atoms with Gasteiger partial charge in [0.05, 0.1) is 11.4 Å². The van der Waals surface area contributed by atoms with Crippen molar-refractivity contribution in [2.75, 3.05) is 0 Å². The summed E-state index contributed by atoms with van der Waals surface area (Å²) in [6, 6.07) is 19.2. The van der Waals surface area contributed by atoms with Gasteiger partial charge in [0.1, 0.15) is 5.65 Å². The number of aromatic nitrogens is 2. The minimum absolute atomic E-state index is 0.141. The molecule has 0 bridgehead atoms. The Balaban J connectivity index is 1.74. The molecule has 3 nitrogen and oxygen atoms in total. The monoisotopic (exact) mass is 445 g/mol. The molecule has 2 aromatic heterocycles. The Kier molecular flexibility index (Phi) is 4.37. The van der Waals surface area contributed by atoms with Crippen molar-refractivity contribution in [2.45, 2.75) is 38.6 Å². The van der Waals surface area contributed by atoms with Crippen LogP contribution in [0.1, 0.15) is 36.0 Å². The average Bonchev–Trinajstić information content (AvgIpc) is 3.10. The summed E-state index contributed by atoms with van der Waals surface area (Å²) in [5.41, 5.74) is 15.4. The summed E-state index contributed by atoms with van der Waals surface area (Å²) in [6.45, 7) is 4.27. The Morgan fingerprint density at radius 3 is 2.24 bits per heavy atom. The number of fused-ring (bicyclic) bond motifs is 1. The van der Waals surface area contributed by atoms with E-state index in [1.54, 1.807) is 0 Å². The molecule has 146 valence electrons. The van der Waals surface area contributed by atoms with Gasteiger partial charge in [-0.1, -0.05) is 54.6 Å². The van der Waals surface area contributed by atoms with E-state index in [1.165, 1.54) is 23.1 Å². The maximum absolute atomic E-state index is 6.52. The SMILES string of the molecule is Cc1c(Br)cn2c(-c3ccccc3)c(-c3ccc(C4(N)CCC4)cc3)nc2c1C. The van der Waals surface area contributed by atoms with Crippen molar-refractivity contribution in [2.24, 2.45) is 5.73 Å². The zero-order valence-electron chi connectivity index (χ0n) is 16.7. The number of halogens is 1. The molecular weight excluding hydrogens is 422 g/mol. The first kappa shape index (κ1) is 18.6. The van der Waals surface area contributed by atoms with Crippen LogP contribution in [0.4, 0.5) is 0 Å². The summed E-state index contributed by atoms with van der Waals surface area (Å²) < 4.78 is 3.30. The van der Waals surface area contributed by atoms with Crippen LogP contribution in [0.3, 0.4) is 0 Å². The molecule has 4 heteroatoms. The molecule has 0 amide bonds. The number of pyridine rings is 1. The fourth-order valence-corrected chi connectivity index (χ4v) is 4.76. The van der Waals surface area contributed by atoms with Crippen molar-refractivity contribution >= 4 is 21.6 Å². The predicted molar refractivity (Wildman–Crippen MR) is 123 cm³/mol. The number of nitrogens with two attached hydrogens (primary N) is 1. The van der Waals surface area contributed by atoms with E-state index >= 15 is 0 Å². The number of benzene rings is 2. The van der Waals surface area contributed by atoms with Gasteiger partial charge in [0, 0.05) is 27.3 Å². The Bertz CT molecular complexity index is 1200. The van der Waals surface area contributed by atoms with Gasteiger partial charge in [-0.2, -0.15) is 0 Å². The van der Waals surface area contributed by atoms with E-state index in [4.69, 9.17) is 10.7 Å². The van der Waals surface area contributed by atoms with Crippen LogP contribution in [0, 0.1) is 13.8 Å². The van der Waals surface area contributed by atoms with Crippen molar-refractivity contribution in [3.63, 3.8) is 0 Å². The molecular formula is C25H24BrN3. The minimum Gasteiger partial charge on any atom is -0.321 e. The first-order valence-corrected chi connectivity index (χ1v) is 10.9. The normalized spacial score (nSPS) is 15.4. The summed E-state index contributed by atoms with van der Waals surface area (Å²) in [6.07, 6.45) is 5.50. The number of rotatable bonds is 3. The van der Waals surface area contributed by atoms with Crippen molar-refractivity contribution in [3.8, 4) is 22.5 Å². The maximum Gasteiger partial charge on any atom is 0.141 e. The zero-order chi connectivity index (χ0) is 20.2. The van der Waals surface area contributed by atoms with Crippen LogP contribution in [-0.2, 0) is 5.54 Å². The standard InChI is InChI=1S/C25H24BrN3/c1-16-17(2)24-28-22(18-9-11-20(12-10-18)25(27)13-6-14-25)23(29(24)15-21(16)26)19-7-4-3-5-8-19/h3-5,7-12,15H,6,13-14,27H2,1-2H3. The molecule has 29 heavy (non-hydrogen) atoms. The molecule has 5 rings (SSSR count). The second-order valence-corrected chi connectivity index (χ2v) is 9.04. The first-order chi connectivity index (χ1) is 14.0. The fourth-order valence-electron chi connectivity index (χ4n) is 4.26. The Morgan fingerprint density at radius 2 is 1.62 bits per heavy atom. The molecule has 2 N–H and O–H groups in total. The molecule has 1 fully saturated rings. The molecule has 1 aliphatic carbocycles. The number of hydrogen-bond donors (Lipinski definition) is 1. The van der Waals surface area contributed by atoms with E-state index in [0.29, 0.717) is 0 Å². The lowest BCUT2D eigenvalue weighted by molar-refractivity contribution is 0.253. The number of nitrogens with zero attached hydrogens (tertiary/aromatic N) is 2. The molecule has 2 heterocycles. The van der Waals surface area contributed by atoms with E-state index < -0.39 is 0 Å². The molecule has 0 aliphatic heterocycles. The third-order valence-corrected chi connectivity index (χ3v) is 7.24. The van der Waals surface area contributed by atoms with Gasteiger partial charge in [-0.05, 0) is 65.7 Å². The van der Waals surface area contributed by atoms with Gasteiger partial charge in [-0.25, -0.2) is 4.98 Å². The summed E-state index contributed by atoms with van der Waals surface area (Å²) >= 11 is 3.72. The molecule has 0 unspecified atom stereocenters. The molecule has 0 radical (unpaired) electrons. The molecule has 0 saturated heterocycles. The van der Waals surface area contributed by atoms with Crippen molar-refractivity contribution < 1.29 is 0 Å². The summed E-state index contributed by atoms with van der Waals surface area (Å²) in [7, 11) is 0. The quantitative estimate of drug-likeness (QED) is 0.397. The summed E-state index contributed by atoms with van der Waals surface area (Å²) in [4.78, 5) is 5.10. The van der Waals surface area contributed by atoms with Crippen LogP contribution >= 0.6 is 15.9 Å². The van der Waals surface area contributed by atoms with E-state index in [2.05, 4.69) is 88.9 Å². The minimum atomic E-state index is -0.141. The van der Waals surface area contributed by atoms with E-state index in [-0.39, 0.29) is 5.54 Å². The Hall–Kier alpha value is -2.43. The Labute approximate surface area is 179 Å². The molecule has 0 spiro atoms. The topological polar surface area (TPSA) is 43.3 Å². The second kappa shape index (κ2) is 6.82. The van der Waals surface area contributed by atoms with Gasteiger partial charge < -0.3 is 5.73 Å². The van der Waals surface area contributed by atoms with Gasteiger partial charge >= 0.3 is 0 Å². The largest absolute Gasteiger partial charge is 0.321 e. The van der Waals surface area contributed by atoms with Crippen LogP contribution in [0.15, 0.2) is 65.3 Å². The van der Waals surface area contributed by atoms with Crippen LogP contribution in [-0.4, -0.2) is 9.38 Å². The molecule has 1 aliphatic rings. The highest BCUT2D eigenvalue weighted by Gasteiger charge is 2.34. The number of hydrogen-bond acceptors (Lipinski definition) is 2. The van der Waals surface area contributed by atoms with Gasteiger partial charge in [-0.15, -0.1) is 0 Å². The third kappa shape index (κ3) is 2.93. The summed E-state index contributed by atoms with van der Waals surface area (Å²) in [5, 5.41) is 0. The third-order valence-electron chi connectivity index (χ3n) is 6.44. The van der Waals surface area contributed by atoms with E-state index in [0.717, 1.165) is 45.5 Å². The van der Waals surface area contributed by atoms with Crippen LogP contribution < -0.4 is 5.73 Å². The van der Waals surface area contributed by atoms with Crippen molar-refractivity contribution in [1.29, 1.82) is 0 Å². The van der Waals surface area contributed by atoms with Crippen molar-refractivity contribution in [1.82, 2.24) is 9.38 Å². The molecule has 1 saturated carbocycles. The fraction of sp³-hybridized carbons (Fsp3) is 0.240. The van der Waals surface area contributed by atoms with Gasteiger partial charge in [0.2, 0.25) is 0 Å². The Morgan fingerprint density at radius 1 is 0.931 bits per heavy atom. The molecule has 2 aromatic carbocycles. The van der Waals surface area contributed by atoms with Crippen LogP contribution in [0.5, 0.6) is 0 Å². The highest BCUT2D eigenvalue weighted by Crippen LogP contribution is 2.40. The lowest BCUT2D eigenvalue weighted by atomic mass is 9.72. The lowest BCUT2D eigenvalue weighted by Gasteiger charge is -2.38. The summed E-state index contributed by atoms with van der Waals surface area (Å²) in [5.74, 6) is 0. The van der Waals surface area contributed by atoms with Gasteiger partial charge in [0.25, 0.3) is 0 Å². The lowest BCUT2D eigenvalue weighted by Crippen LogP contribution is -2.43. The van der Waals surface area contributed by atoms with Gasteiger partial charge in [-0.3, -0.25) is 4.40 Å². The highest BCUT2D eigenvalue weighted by molar-refractivity contribution is 9.10. The second-order valence-electron chi connectivity index (χ2n) is 8.18. The number of imidazole rings is 1. The van der Waals surface area contributed by atoms with Crippen LogP contribution in [0.2, 0.25) is 0 Å². The highest BCUT2D eigenvalue weighted by atomic mass is 79.9. The smallest absolute Gasteiger partial charge is 0.141 e.